The second-order valence-corrected chi connectivity index (χ2v) is 6.85. The Balaban J connectivity index is 2.61. The monoisotopic (exact) mass is 252 g/mol. The highest BCUT2D eigenvalue weighted by molar-refractivity contribution is 5.42. The molecule has 2 heteroatoms. The van der Waals surface area contributed by atoms with E-state index >= 15 is 0 Å². The molecule has 2 atom stereocenters. The number of hydrogen-bond acceptors (Lipinski definition) is 2. The van der Waals surface area contributed by atoms with Crippen molar-refractivity contribution < 1.29 is 13.0 Å². The van der Waals surface area contributed by atoms with Crippen molar-refractivity contribution in [3.63, 3.8) is 0 Å². The van der Waals surface area contributed by atoms with Crippen molar-refractivity contribution >= 4 is 0 Å². The van der Waals surface area contributed by atoms with Gasteiger partial charge in [0.2, 0.25) is 0 Å². The molecule has 2 aliphatic carbocycles. The summed E-state index contributed by atoms with van der Waals surface area (Å²) in [6.45, 7) is 5.81. The van der Waals surface area contributed by atoms with E-state index in [1.165, 1.54) is 11.6 Å². The molecule has 0 aromatic rings. The Bertz CT molecular complexity index is 469. The van der Waals surface area contributed by atoms with Crippen LogP contribution in [0, 0.1) is 10.8 Å². The molecule has 0 aliphatic heterocycles. The Morgan fingerprint density at radius 2 is 2.00 bits per heavy atom. The largest absolute Gasteiger partial charge is 0.392 e. The standard InChI is InChI=1S/C16H26O2/c1-14(2)8-5-9-15(3)12(14)6-10-16(4,18)13(15)7-11-17/h6-7,17-18H,5,8-11H2,1-4H3/b13-7-/t15-,16+/m0/s1/i11D2. The predicted octanol–water partition coefficient (Wildman–Crippen LogP) is 3.20. The highest BCUT2D eigenvalue weighted by atomic mass is 16.3. The molecule has 1 fully saturated rings. The first-order valence-corrected chi connectivity index (χ1v) is 6.78. The van der Waals surface area contributed by atoms with Gasteiger partial charge in [0.05, 0.1) is 14.9 Å². The molecule has 0 heterocycles. The molecule has 18 heavy (non-hydrogen) atoms. The minimum atomic E-state index is -2.40. The topological polar surface area (TPSA) is 40.5 Å². The summed E-state index contributed by atoms with van der Waals surface area (Å²) in [5.41, 5.74) is 0.507. The van der Waals surface area contributed by atoms with Gasteiger partial charge in [-0.3, -0.25) is 0 Å². The first kappa shape index (κ1) is 11.2. The molecule has 0 amide bonds. The predicted molar refractivity (Wildman–Crippen MR) is 74.2 cm³/mol. The summed E-state index contributed by atoms with van der Waals surface area (Å²) in [5.74, 6) is 0. The molecule has 2 nitrogen and oxygen atoms in total. The van der Waals surface area contributed by atoms with Gasteiger partial charge in [-0.1, -0.05) is 44.9 Å². The van der Waals surface area contributed by atoms with Crippen LogP contribution >= 0.6 is 0 Å². The van der Waals surface area contributed by atoms with Crippen molar-refractivity contribution in [2.24, 2.45) is 10.8 Å². The Morgan fingerprint density at radius 1 is 1.33 bits per heavy atom. The van der Waals surface area contributed by atoms with Gasteiger partial charge < -0.3 is 10.2 Å². The lowest BCUT2D eigenvalue weighted by molar-refractivity contribution is 0.0565. The van der Waals surface area contributed by atoms with Gasteiger partial charge in [0, 0.05) is 5.41 Å². The van der Waals surface area contributed by atoms with Crippen molar-refractivity contribution in [2.45, 2.75) is 59.0 Å². The van der Waals surface area contributed by atoms with E-state index in [-0.39, 0.29) is 10.8 Å². The van der Waals surface area contributed by atoms with E-state index < -0.39 is 12.2 Å². The number of hydrogen-bond donors (Lipinski definition) is 2. The third-order valence-corrected chi connectivity index (χ3v) is 4.89. The third-order valence-electron chi connectivity index (χ3n) is 4.89. The average molecular weight is 252 g/mol. The van der Waals surface area contributed by atoms with Crippen molar-refractivity contribution in [1.82, 2.24) is 0 Å². The maximum Gasteiger partial charge on any atom is 0.0872 e. The summed E-state index contributed by atoms with van der Waals surface area (Å²) in [7, 11) is 0. The molecule has 1 saturated carbocycles. The fraction of sp³-hybridized carbons (Fsp3) is 0.750. The van der Waals surface area contributed by atoms with Crippen LogP contribution in [0.2, 0.25) is 0 Å². The summed E-state index contributed by atoms with van der Waals surface area (Å²) in [4.78, 5) is 0. The van der Waals surface area contributed by atoms with Gasteiger partial charge >= 0.3 is 0 Å². The van der Waals surface area contributed by atoms with Crippen LogP contribution in [0.4, 0.5) is 0 Å². The molecule has 2 aliphatic rings. The Morgan fingerprint density at radius 3 is 2.61 bits per heavy atom. The lowest BCUT2D eigenvalue weighted by Crippen LogP contribution is -2.46. The van der Waals surface area contributed by atoms with Gasteiger partial charge in [-0.2, -0.15) is 0 Å². The van der Waals surface area contributed by atoms with E-state index in [1.807, 2.05) is 0 Å². The van der Waals surface area contributed by atoms with E-state index in [4.69, 9.17) is 2.74 Å². The summed E-state index contributed by atoms with van der Waals surface area (Å²) in [6, 6.07) is 0. The second kappa shape index (κ2) is 4.21. The molecular weight excluding hydrogens is 224 g/mol. The average Bonchev–Trinajstić information content (AvgIpc) is 2.21. The molecule has 0 aromatic heterocycles. The first-order chi connectivity index (χ1) is 8.89. The zero-order valence-corrected chi connectivity index (χ0v) is 11.9. The highest BCUT2D eigenvalue weighted by Gasteiger charge is 2.50. The van der Waals surface area contributed by atoms with Crippen molar-refractivity contribution in [3.05, 3.63) is 23.3 Å². The van der Waals surface area contributed by atoms with E-state index in [2.05, 4.69) is 26.8 Å². The molecule has 2 N–H and O–H groups in total. The maximum atomic E-state index is 10.7. The first-order valence-electron chi connectivity index (χ1n) is 7.78. The Hall–Kier alpha value is -0.600. The number of rotatable bonds is 1. The molecule has 0 unspecified atom stereocenters. The summed E-state index contributed by atoms with van der Waals surface area (Å²) < 4.78 is 14.9. The van der Waals surface area contributed by atoms with Gasteiger partial charge in [0.1, 0.15) is 0 Å². The Kier molecular flexibility index (Phi) is 2.63. The Labute approximate surface area is 113 Å². The van der Waals surface area contributed by atoms with E-state index in [1.54, 1.807) is 6.92 Å². The second-order valence-electron chi connectivity index (χ2n) is 6.85. The lowest BCUT2D eigenvalue weighted by atomic mass is 9.52. The third kappa shape index (κ3) is 1.96. The number of fused-ring (bicyclic) bond motifs is 1. The number of allylic oxidation sites excluding steroid dienone is 1. The van der Waals surface area contributed by atoms with Crippen LogP contribution in [0.1, 0.15) is 56.1 Å². The minimum absolute atomic E-state index is 0.0603. The van der Waals surface area contributed by atoms with Gasteiger partial charge in [-0.15, -0.1) is 0 Å². The molecule has 2 rings (SSSR count). The van der Waals surface area contributed by atoms with Crippen LogP contribution in [0.25, 0.3) is 0 Å². The van der Waals surface area contributed by atoms with Crippen molar-refractivity contribution in [1.29, 1.82) is 0 Å². The zero-order valence-electron chi connectivity index (χ0n) is 13.9. The van der Waals surface area contributed by atoms with E-state index in [0.29, 0.717) is 12.0 Å². The van der Waals surface area contributed by atoms with Gasteiger partial charge in [-0.05, 0) is 37.2 Å². The molecule has 0 bridgehead atoms. The maximum absolute atomic E-state index is 10.7. The molecular formula is C16H26O2. The summed E-state index contributed by atoms with van der Waals surface area (Å²) in [5, 5.41) is 20.2. The van der Waals surface area contributed by atoms with Crippen LogP contribution in [-0.4, -0.2) is 22.4 Å². The quantitative estimate of drug-likeness (QED) is 0.704. The SMILES string of the molecule is [2H]C([2H])(O)/C=C1/[C@@]2(C)CCCC(C)(C)C2=CC[C@@]1(C)O. The summed E-state index contributed by atoms with van der Waals surface area (Å²) >= 11 is 0. The molecule has 0 aromatic carbocycles. The van der Waals surface area contributed by atoms with Gasteiger partial charge in [0.15, 0.2) is 0 Å². The van der Waals surface area contributed by atoms with Crippen molar-refractivity contribution in [3.8, 4) is 0 Å². The normalized spacial score (nSPS) is 43.9. The van der Waals surface area contributed by atoms with Crippen LogP contribution in [0.5, 0.6) is 0 Å². The van der Waals surface area contributed by atoms with Gasteiger partial charge in [0.25, 0.3) is 0 Å². The fourth-order valence-corrected chi connectivity index (χ4v) is 4.07. The van der Waals surface area contributed by atoms with Crippen LogP contribution in [0.15, 0.2) is 23.3 Å². The van der Waals surface area contributed by atoms with Crippen LogP contribution < -0.4 is 0 Å². The van der Waals surface area contributed by atoms with Crippen LogP contribution in [-0.2, 0) is 0 Å². The van der Waals surface area contributed by atoms with E-state index in [0.717, 1.165) is 19.3 Å². The highest BCUT2D eigenvalue weighted by Crippen LogP contribution is 2.59. The van der Waals surface area contributed by atoms with E-state index in [9.17, 15) is 10.2 Å². The molecule has 102 valence electrons. The van der Waals surface area contributed by atoms with Gasteiger partial charge in [-0.25, -0.2) is 0 Å². The molecule has 0 radical (unpaired) electrons. The molecule has 0 spiro atoms. The number of aliphatic hydroxyl groups is 2. The summed E-state index contributed by atoms with van der Waals surface area (Å²) in [6.07, 6.45) is 6.87. The minimum Gasteiger partial charge on any atom is -0.392 e. The zero-order chi connectivity index (χ0) is 15.4. The van der Waals surface area contributed by atoms with Crippen molar-refractivity contribution in [2.75, 3.05) is 6.56 Å². The smallest absolute Gasteiger partial charge is 0.0872 e. The lowest BCUT2D eigenvalue weighted by Gasteiger charge is -2.53. The molecule has 0 saturated heterocycles. The van der Waals surface area contributed by atoms with Crippen LogP contribution in [0.3, 0.4) is 0 Å². The fourth-order valence-electron chi connectivity index (χ4n) is 4.07.